The molecule has 412 valence electrons. The molecule has 0 radical (unpaired) electrons. The second-order valence-electron chi connectivity index (χ2n) is 19.7. The lowest BCUT2D eigenvalue weighted by Gasteiger charge is -2.26. The van der Waals surface area contributed by atoms with Crippen molar-refractivity contribution in [3.05, 3.63) is 241 Å². The Kier molecular flexibility index (Phi) is 13.0. The second kappa shape index (κ2) is 20.7. The number of nitro benzene ring substituents is 2. The Hall–Kier alpha value is -11.8. The highest BCUT2D eigenvalue weighted by molar-refractivity contribution is 6.35. The molecule has 0 atom stereocenters. The maximum Gasteiger partial charge on any atom is 0.346 e. The standard InChI is InChI=1S/C62H40N8O14/c1-4-66-51-13-9-8-12-45(51)48-31-38(18-27-52(48)66)67-53(71)46-25-23-43(32-49(46)55(67)73)81-41-19-14-36(15-20-41)62(2,3)37-16-21-42(22-17-37)82-44-24-26-47-50(33-44)56(74)68(54(47)72)59-63-60(83-57(75)34-10-6-5-7-11-34)65-61(64-59)84-58(76)35-28-39(69(77)78)30-40(29-35)70(79)80/h5-33H,4H2,1-3H3. The molecule has 2 aliphatic rings. The zero-order valence-electron chi connectivity index (χ0n) is 44.2. The van der Waals surface area contributed by atoms with Gasteiger partial charge in [0.05, 0.1) is 55.0 Å². The fourth-order valence-corrected chi connectivity index (χ4v) is 10.1. The van der Waals surface area contributed by atoms with Crippen molar-refractivity contribution in [3.8, 4) is 35.0 Å². The van der Waals surface area contributed by atoms with Gasteiger partial charge in [0.2, 0.25) is 5.95 Å². The second-order valence-corrected chi connectivity index (χ2v) is 19.7. The Morgan fingerprint density at radius 2 is 0.964 bits per heavy atom. The highest BCUT2D eigenvalue weighted by Crippen LogP contribution is 2.39. The molecule has 22 nitrogen and oxygen atoms in total. The predicted molar refractivity (Wildman–Crippen MR) is 301 cm³/mol. The molecule has 8 aromatic carbocycles. The van der Waals surface area contributed by atoms with Crippen LogP contribution in [-0.2, 0) is 12.0 Å². The van der Waals surface area contributed by atoms with E-state index in [0.29, 0.717) is 46.0 Å². The number of benzene rings is 8. The van der Waals surface area contributed by atoms with Crippen molar-refractivity contribution in [1.29, 1.82) is 0 Å². The number of aromatic nitrogens is 4. The van der Waals surface area contributed by atoms with Gasteiger partial charge in [-0.2, -0.15) is 9.97 Å². The number of ether oxygens (including phenoxy) is 4. The molecule has 0 unspecified atom stereocenters. The molecule has 0 N–H and O–H groups in total. The Labute approximate surface area is 474 Å². The first-order valence-electron chi connectivity index (χ1n) is 25.8. The highest BCUT2D eigenvalue weighted by Gasteiger charge is 2.41. The summed E-state index contributed by atoms with van der Waals surface area (Å²) >= 11 is 0. The van der Waals surface area contributed by atoms with Gasteiger partial charge in [-0.1, -0.05) is 74.5 Å². The lowest BCUT2D eigenvalue weighted by molar-refractivity contribution is -0.394. The average molecular weight is 1120 g/mol. The predicted octanol–water partition coefficient (Wildman–Crippen LogP) is 11.8. The lowest BCUT2D eigenvalue weighted by atomic mass is 9.78. The zero-order valence-corrected chi connectivity index (χ0v) is 44.2. The van der Waals surface area contributed by atoms with E-state index in [1.165, 1.54) is 35.2 Å². The largest absolute Gasteiger partial charge is 0.457 e. The van der Waals surface area contributed by atoms with Crippen LogP contribution >= 0.6 is 0 Å². The van der Waals surface area contributed by atoms with Crippen LogP contribution < -0.4 is 28.7 Å². The number of aryl methyl sites for hydroxylation is 1. The van der Waals surface area contributed by atoms with Gasteiger partial charge < -0.3 is 23.5 Å². The van der Waals surface area contributed by atoms with E-state index in [1.807, 2.05) is 80.6 Å². The number of carbonyl (C=O) groups is 6. The quantitative estimate of drug-likeness (QED) is 0.0399. The van der Waals surface area contributed by atoms with Crippen LogP contribution in [0.4, 0.5) is 23.0 Å². The molecule has 4 heterocycles. The number of esters is 2. The van der Waals surface area contributed by atoms with Gasteiger partial charge in [0.1, 0.15) is 23.0 Å². The molecule has 0 spiro atoms. The summed E-state index contributed by atoms with van der Waals surface area (Å²) in [6.45, 7) is 6.93. The SMILES string of the molecule is CCn1c2ccccc2c2cc(N3C(=O)c4ccc(Oc5ccc(C(C)(C)c6ccc(Oc7ccc8c(c7)C(=O)N(c7nc(OC(=O)c9ccccc9)nc(OC(=O)c9cc([N+](=O)[O-])cc([N+](=O)[O-])c9)n7)C8=O)cc6)cc5)cc4C3=O)ccc21. The van der Waals surface area contributed by atoms with Gasteiger partial charge in [-0.05, 0) is 115 Å². The average Bonchev–Trinajstić information content (AvgIpc) is 3.85. The van der Waals surface area contributed by atoms with Gasteiger partial charge >= 0.3 is 24.0 Å². The van der Waals surface area contributed by atoms with Crippen LogP contribution in [0.3, 0.4) is 0 Å². The Morgan fingerprint density at radius 1 is 0.488 bits per heavy atom. The summed E-state index contributed by atoms with van der Waals surface area (Å²) in [5.74, 6) is -4.49. The number of rotatable bonds is 15. The molecule has 2 aromatic heterocycles. The van der Waals surface area contributed by atoms with Crippen LogP contribution in [0.2, 0.25) is 0 Å². The minimum absolute atomic E-state index is 0.0378. The summed E-state index contributed by atoms with van der Waals surface area (Å²) in [4.78, 5) is 117. The minimum atomic E-state index is -1.43. The Balaban J connectivity index is 0.726. The number of non-ortho nitro benzene ring substituents is 2. The van der Waals surface area contributed by atoms with Gasteiger partial charge in [-0.3, -0.25) is 39.4 Å². The first kappa shape index (κ1) is 52.9. The van der Waals surface area contributed by atoms with E-state index in [1.54, 1.807) is 54.6 Å². The van der Waals surface area contributed by atoms with Gasteiger partial charge in [0.25, 0.3) is 35.0 Å². The highest BCUT2D eigenvalue weighted by atomic mass is 16.6. The number of imide groups is 2. The zero-order chi connectivity index (χ0) is 58.7. The monoisotopic (exact) mass is 1120 g/mol. The number of anilines is 2. The molecule has 2 aliphatic heterocycles. The molecule has 0 saturated heterocycles. The van der Waals surface area contributed by atoms with E-state index in [4.69, 9.17) is 18.9 Å². The molecular formula is C62H40N8O14. The van der Waals surface area contributed by atoms with E-state index in [2.05, 4.69) is 32.5 Å². The summed E-state index contributed by atoms with van der Waals surface area (Å²) in [7, 11) is 0. The van der Waals surface area contributed by atoms with Crippen molar-refractivity contribution < 1.29 is 57.6 Å². The fourth-order valence-electron chi connectivity index (χ4n) is 10.1. The molecule has 0 fully saturated rings. The number of amides is 4. The van der Waals surface area contributed by atoms with Crippen LogP contribution in [0.15, 0.2) is 176 Å². The van der Waals surface area contributed by atoms with Crippen molar-refractivity contribution in [2.24, 2.45) is 0 Å². The summed E-state index contributed by atoms with van der Waals surface area (Å²) < 4.78 is 25.1. The van der Waals surface area contributed by atoms with Crippen molar-refractivity contribution in [2.75, 3.05) is 9.80 Å². The van der Waals surface area contributed by atoms with E-state index < -0.39 is 85.7 Å². The Morgan fingerprint density at radius 3 is 1.51 bits per heavy atom. The molecule has 12 rings (SSSR count). The van der Waals surface area contributed by atoms with Gasteiger partial charge in [-0.15, -0.1) is 4.98 Å². The number of carbonyl (C=O) groups excluding carboxylic acids is 6. The number of nitro groups is 2. The maximum atomic E-state index is 14.1. The molecule has 4 amide bonds. The normalized spacial score (nSPS) is 12.8. The number of hydrogen-bond acceptors (Lipinski definition) is 17. The molecule has 84 heavy (non-hydrogen) atoms. The van der Waals surface area contributed by atoms with Crippen LogP contribution in [0.5, 0.6) is 35.0 Å². The first-order valence-corrected chi connectivity index (χ1v) is 25.8. The van der Waals surface area contributed by atoms with E-state index in [0.717, 1.165) is 39.5 Å². The van der Waals surface area contributed by atoms with Crippen molar-refractivity contribution >= 4 is 80.4 Å². The van der Waals surface area contributed by atoms with Gasteiger partial charge in [-0.25, -0.2) is 19.4 Å². The van der Waals surface area contributed by atoms with Gasteiger partial charge in [0.15, 0.2) is 0 Å². The van der Waals surface area contributed by atoms with E-state index >= 15 is 0 Å². The molecular weight excluding hydrogens is 1080 g/mol. The summed E-state index contributed by atoms with van der Waals surface area (Å²) in [6.07, 6.45) is 0. The first-order chi connectivity index (χ1) is 40.4. The number of para-hydroxylation sites is 1. The Bertz CT molecular complexity index is 4460. The van der Waals surface area contributed by atoms with Crippen molar-refractivity contribution in [2.45, 2.75) is 32.7 Å². The molecule has 0 bridgehead atoms. The van der Waals surface area contributed by atoms with Crippen molar-refractivity contribution in [3.63, 3.8) is 0 Å². The number of fused-ring (bicyclic) bond motifs is 5. The number of nitrogens with zero attached hydrogens (tertiary/aromatic N) is 8. The third kappa shape index (κ3) is 9.49. The molecule has 10 aromatic rings. The van der Waals surface area contributed by atoms with E-state index in [-0.39, 0.29) is 33.6 Å². The van der Waals surface area contributed by atoms with Crippen LogP contribution in [0.1, 0.15) is 94.0 Å². The molecule has 0 saturated carbocycles. The smallest absolute Gasteiger partial charge is 0.346 e. The van der Waals surface area contributed by atoms with Crippen LogP contribution in [0, 0.1) is 20.2 Å². The minimum Gasteiger partial charge on any atom is -0.457 e. The fraction of sp³-hybridized carbons (Fsp3) is 0.0806. The summed E-state index contributed by atoms with van der Waals surface area (Å²) in [5.41, 5.74) is 1.95. The topological polar surface area (TPSA) is 276 Å². The maximum absolute atomic E-state index is 14.1. The third-order valence-electron chi connectivity index (χ3n) is 14.4. The third-order valence-corrected chi connectivity index (χ3v) is 14.4. The van der Waals surface area contributed by atoms with Crippen LogP contribution in [-0.4, -0.2) is 64.9 Å². The van der Waals surface area contributed by atoms with Crippen molar-refractivity contribution in [1.82, 2.24) is 19.5 Å². The molecule has 22 heteroatoms. The summed E-state index contributed by atoms with van der Waals surface area (Å²) in [5, 5.41) is 25.0. The summed E-state index contributed by atoms with van der Waals surface area (Å²) in [6, 6.07) is 45.2. The number of hydrogen-bond donors (Lipinski definition) is 0. The molecule has 0 aliphatic carbocycles. The van der Waals surface area contributed by atoms with Gasteiger partial charge in [0, 0.05) is 45.9 Å². The van der Waals surface area contributed by atoms with E-state index in [9.17, 15) is 49.0 Å². The lowest BCUT2D eigenvalue weighted by Crippen LogP contribution is -2.31. The van der Waals surface area contributed by atoms with Crippen LogP contribution in [0.25, 0.3) is 21.8 Å².